The molecule has 1 N–H and O–H groups in total. The maximum atomic E-state index is 12.4. The Kier molecular flexibility index (Phi) is 5.66. The molecule has 27 heavy (non-hydrogen) atoms. The molecule has 0 aliphatic rings. The van der Waals surface area contributed by atoms with Gasteiger partial charge in [-0.05, 0) is 30.2 Å². The first kappa shape index (κ1) is 18.4. The average molecular weight is 363 g/mol. The van der Waals surface area contributed by atoms with Gasteiger partial charge < -0.3 is 10.1 Å². The van der Waals surface area contributed by atoms with Crippen molar-refractivity contribution in [3.63, 3.8) is 0 Å². The van der Waals surface area contributed by atoms with Gasteiger partial charge in [-0.2, -0.15) is 0 Å². The van der Waals surface area contributed by atoms with Crippen molar-refractivity contribution < 1.29 is 9.53 Å². The lowest BCUT2D eigenvalue weighted by atomic mass is 10.1. The lowest BCUT2D eigenvalue weighted by Crippen LogP contribution is -2.27. The number of carbonyl (C=O) groups excluding carboxylic acids is 1. The van der Waals surface area contributed by atoms with E-state index < -0.39 is 0 Å². The Bertz CT molecular complexity index is 1010. The molecule has 0 saturated heterocycles. The zero-order valence-electron chi connectivity index (χ0n) is 15.3. The second-order valence-electron chi connectivity index (χ2n) is 6.00. The van der Waals surface area contributed by atoms with Gasteiger partial charge in [-0.25, -0.2) is 4.98 Å². The highest BCUT2D eigenvalue weighted by atomic mass is 16.5. The highest BCUT2D eigenvalue weighted by molar-refractivity contribution is 5.91. The number of hydrogen-bond donors (Lipinski definition) is 1. The van der Waals surface area contributed by atoms with Crippen LogP contribution in [0, 0.1) is 0 Å². The summed E-state index contributed by atoms with van der Waals surface area (Å²) in [7, 11) is 1.57. The fourth-order valence-corrected chi connectivity index (χ4v) is 2.84. The fraction of sp³-hybridized carbons (Fsp3) is 0.190. The van der Waals surface area contributed by atoms with E-state index in [9.17, 15) is 9.59 Å². The van der Waals surface area contributed by atoms with Crippen LogP contribution in [0.4, 0.5) is 5.69 Å². The van der Waals surface area contributed by atoms with Crippen molar-refractivity contribution in [2.24, 2.45) is 0 Å². The van der Waals surface area contributed by atoms with Crippen LogP contribution in [0.25, 0.3) is 11.3 Å². The molecule has 0 radical (unpaired) electrons. The number of carbonyl (C=O) groups is 1. The first-order chi connectivity index (χ1) is 13.1. The molecule has 0 fully saturated rings. The summed E-state index contributed by atoms with van der Waals surface area (Å²) in [5.74, 6) is 0.362. The average Bonchev–Trinajstić information content (AvgIpc) is 2.70. The Morgan fingerprint density at radius 2 is 1.89 bits per heavy atom. The van der Waals surface area contributed by atoms with E-state index in [1.54, 1.807) is 13.2 Å². The monoisotopic (exact) mass is 363 g/mol. The third-order valence-corrected chi connectivity index (χ3v) is 4.25. The minimum atomic E-state index is -0.301. The summed E-state index contributed by atoms with van der Waals surface area (Å²) in [4.78, 5) is 29.1. The fourth-order valence-electron chi connectivity index (χ4n) is 2.84. The SMILES string of the molecule is CCc1ccccc1NC(=O)Cn1cnc(-c2ccccc2OC)cc1=O. The van der Waals surface area contributed by atoms with E-state index in [0.29, 0.717) is 11.4 Å². The smallest absolute Gasteiger partial charge is 0.254 e. The van der Waals surface area contributed by atoms with Crippen molar-refractivity contribution in [3.05, 3.63) is 76.8 Å². The van der Waals surface area contributed by atoms with Crippen molar-refractivity contribution in [1.82, 2.24) is 9.55 Å². The summed E-state index contributed by atoms with van der Waals surface area (Å²) in [5.41, 5.74) is 2.74. The molecule has 1 heterocycles. The Morgan fingerprint density at radius 3 is 2.63 bits per heavy atom. The van der Waals surface area contributed by atoms with E-state index in [-0.39, 0.29) is 18.0 Å². The highest BCUT2D eigenvalue weighted by Gasteiger charge is 2.11. The lowest BCUT2D eigenvalue weighted by molar-refractivity contribution is -0.116. The molecule has 1 amide bonds. The van der Waals surface area contributed by atoms with Crippen molar-refractivity contribution >= 4 is 11.6 Å². The number of para-hydroxylation sites is 2. The normalized spacial score (nSPS) is 10.4. The molecule has 3 aromatic rings. The molecular formula is C21H21N3O3. The molecule has 138 valence electrons. The van der Waals surface area contributed by atoms with E-state index in [1.807, 2.05) is 49.4 Å². The van der Waals surface area contributed by atoms with Gasteiger partial charge in [0.05, 0.1) is 19.1 Å². The minimum absolute atomic E-state index is 0.101. The van der Waals surface area contributed by atoms with E-state index >= 15 is 0 Å². The Balaban J connectivity index is 1.78. The van der Waals surface area contributed by atoms with Gasteiger partial charge in [0.1, 0.15) is 12.3 Å². The maximum Gasteiger partial charge on any atom is 0.254 e. The number of aromatic nitrogens is 2. The molecule has 0 unspecified atom stereocenters. The maximum absolute atomic E-state index is 12.4. The second kappa shape index (κ2) is 8.31. The number of hydrogen-bond acceptors (Lipinski definition) is 4. The number of aryl methyl sites for hydroxylation is 1. The van der Waals surface area contributed by atoms with Crippen molar-refractivity contribution in [3.8, 4) is 17.0 Å². The van der Waals surface area contributed by atoms with Crippen LogP contribution in [0.5, 0.6) is 5.75 Å². The third kappa shape index (κ3) is 4.23. The summed E-state index contributed by atoms with van der Waals surface area (Å²) in [6.45, 7) is 1.92. The van der Waals surface area contributed by atoms with Gasteiger partial charge in [0, 0.05) is 17.3 Å². The van der Waals surface area contributed by atoms with E-state index in [4.69, 9.17) is 4.74 Å². The van der Waals surface area contributed by atoms with Crippen molar-refractivity contribution in [2.75, 3.05) is 12.4 Å². The number of methoxy groups -OCH3 is 1. The zero-order valence-corrected chi connectivity index (χ0v) is 15.3. The van der Waals surface area contributed by atoms with Gasteiger partial charge >= 0.3 is 0 Å². The van der Waals surface area contributed by atoms with Crippen LogP contribution in [-0.4, -0.2) is 22.6 Å². The summed E-state index contributed by atoms with van der Waals surface area (Å²) in [5, 5.41) is 2.86. The summed E-state index contributed by atoms with van der Waals surface area (Å²) < 4.78 is 6.59. The third-order valence-electron chi connectivity index (χ3n) is 4.25. The van der Waals surface area contributed by atoms with Gasteiger partial charge in [-0.3, -0.25) is 14.2 Å². The summed E-state index contributed by atoms with van der Waals surface area (Å²) >= 11 is 0. The lowest BCUT2D eigenvalue weighted by Gasteiger charge is -2.11. The van der Waals surface area contributed by atoms with Crippen molar-refractivity contribution in [2.45, 2.75) is 19.9 Å². The van der Waals surface area contributed by atoms with Crippen LogP contribution in [0.3, 0.4) is 0 Å². The molecule has 3 rings (SSSR count). The number of nitrogens with one attached hydrogen (secondary N) is 1. The largest absolute Gasteiger partial charge is 0.496 e. The first-order valence-electron chi connectivity index (χ1n) is 8.70. The van der Waals surface area contributed by atoms with Gasteiger partial charge in [-0.15, -0.1) is 0 Å². The predicted molar refractivity (Wildman–Crippen MR) is 105 cm³/mol. The summed E-state index contributed by atoms with van der Waals surface area (Å²) in [6, 6.07) is 16.4. The van der Waals surface area contributed by atoms with Crippen LogP contribution < -0.4 is 15.6 Å². The Hall–Kier alpha value is -3.41. The topological polar surface area (TPSA) is 73.2 Å². The van der Waals surface area contributed by atoms with Gasteiger partial charge in [-0.1, -0.05) is 37.3 Å². The quantitative estimate of drug-likeness (QED) is 0.730. The number of nitrogens with zero attached hydrogens (tertiary/aromatic N) is 2. The molecule has 0 aliphatic heterocycles. The molecule has 0 saturated carbocycles. The molecule has 0 spiro atoms. The summed E-state index contributed by atoms with van der Waals surface area (Å²) in [6.07, 6.45) is 2.20. The van der Waals surface area contributed by atoms with Crippen LogP contribution in [0.2, 0.25) is 0 Å². The van der Waals surface area contributed by atoms with Crippen LogP contribution in [0.1, 0.15) is 12.5 Å². The first-order valence-corrected chi connectivity index (χ1v) is 8.70. The number of rotatable bonds is 6. The highest BCUT2D eigenvalue weighted by Crippen LogP contribution is 2.26. The molecule has 2 aromatic carbocycles. The van der Waals surface area contributed by atoms with Crippen molar-refractivity contribution in [1.29, 1.82) is 0 Å². The van der Waals surface area contributed by atoms with Crippen LogP contribution >= 0.6 is 0 Å². The van der Waals surface area contributed by atoms with E-state index in [2.05, 4.69) is 10.3 Å². The second-order valence-corrected chi connectivity index (χ2v) is 6.00. The van der Waals surface area contributed by atoms with E-state index in [0.717, 1.165) is 23.2 Å². The van der Waals surface area contributed by atoms with Crippen LogP contribution in [-0.2, 0) is 17.8 Å². The predicted octanol–water partition coefficient (Wildman–Crippen LogP) is 3.12. The van der Waals surface area contributed by atoms with Crippen LogP contribution in [0.15, 0.2) is 65.7 Å². The Labute approximate surface area is 157 Å². The number of ether oxygens (including phenoxy) is 1. The standard InChI is InChI=1S/C21H21N3O3/c1-3-15-8-4-6-10-17(15)23-20(25)13-24-14-22-18(12-21(24)26)16-9-5-7-11-19(16)27-2/h4-12,14H,3,13H2,1-2H3,(H,23,25). The molecule has 0 atom stereocenters. The number of amides is 1. The van der Waals surface area contributed by atoms with Gasteiger partial charge in [0.2, 0.25) is 5.91 Å². The molecule has 6 heteroatoms. The Morgan fingerprint density at radius 1 is 1.15 bits per heavy atom. The molecule has 0 aliphatic carbocycles. The van der Waals surface area contributed by atoms with E-state index in [1.165, 1.54) is 17.0 Å². The van der Waals surface area contributed by atoms with Gasteiger partial charge in [0.25, 0.3) is 5.56 Å². The van der Waals surface area contributed by atoms with Gasteiger partial charge in [0.15, 0.2) is 0 Å². The molecule has 6 nitrogen and oxygen atoms in total. The number of anilines is 1. The molecule has 1 aromatic heterocycles. The molecular weight excluding hydrogens is 342 g/mol. The minimum Gasteiger partial charge on any atom is -0.496 e. The zero-order chi connectivity index (χ0) is 19.2. The number of benzene rings is 2. The molecule has 0 bridgehead atoms.